The molecule has 1 N–H and O–H groups in total. The van der Waals surface area contributed by atoms with Gasteiger partial charge in [-0.15, -0.1) is 0 Å². The van der Waals surface area contributed by atoms with Crippen LogP contribution in [-0.4, -0.2) is 32.1 Å². The fourth-order valence-corrected chi connectivity index (χ4v) is 5.31. The summed E-state index contributed by atoms with van der Waals surface area (Å²) in [6.07, 6.45) is 6.65. The van der Waals surface area contributed by atoms with Crippen molar-refractivity contribution in [3.8, 4) is 0 Å². The summed E-state index contributed by atoms with van der Waals surface area (Å²) >= 11 is 1.57. The van der Waals surface area contributed by atoms with Crippen molar-refractivity contribution in [1.82, 2.24) is 0 Å². The van der Waals surface area contributed by atoms with E-state index in [1.165, 1.54) is 12.8 Å². The lowest BCUT2D eigenvalue weighted by Gasteiger charge is -2.23. The topological polar surface area (TPSA) is 58.6 Å². The Morgan fingerprint density at radius 2 is 1.87 bits per heavy atom. The van der Waals surface area contributed by atoms with Crippen LogP contribution in [0.15, 0.2) is 52.3 Å². The third kappa shape index (κ3) is 4.55. The zero-order valence-corrected chi connectivity index (χ0v) is 18.2. The number of benzene rings is 2. The van der Waals surface area contributed by atoms with Crippen LogP contribution < -0.4 is 10.2 Å². The Bertz CT molecular complexity index is 922. The monoisotopic (exact) mass is 424 g/mol. The van der Waals surface area contributed by atoms with Crippen LogP contribution in [0, 0.1) is 5.92 Å². The predicted octanol–water partition coefficient (Wildman–Crippen LogP) is 5.35. The van der Waals surface area contributed by atoms with E-state index in [1.807, 2.05) is 42.5 Å². The molecule has 1 aliphatic carbocycles. The molecule has 5 nitrogen and oxygen atoms in total. The molecule has 6 heteroatoms. The Balaban J connectivity index is 1.62. The molecule has 1 fully saturated rings. The Kier molecular flexibility index (Phi) is 6.75. The molecule has 0 spiro atoms. The molecule has 1 aliphatic heterocycles. The number of amides is 2. The summed E-state index contributed by atoms with van der Waals surface area (Å²) in [6, 6.07) is 13.5. The average Bonchev–Trinajstić information content (AvgIpc) is 3.10. The normalized spacial score (nSPS) is 17.0. The van der Waals surface area contributed by atoms with Crippen LogP contribution in [0.2, 0.25) is 0 Å². The SMILES string of the molecule is COCCN1C(=O)c2ccccc2Sc2cc(NC(=O)C3CCCCCC3)ccc21. The van der Waals surface area contributed by atoms with E-state index in [0.29, 0.717) is 18.7 Å². The van der Waals surface area contributed by atoms with Crippen LogP contribution in [0.4, 0.5) is 11.4 Å². The fraction of sp³-hybridized carbons (Fsp3) is 0.417. The Morgan fingerprint density at radius 3 is 2.63 bits per heavy atom. The molecule has 0 radical (unpaired) electrons. The number of carbonyl (C=O) groups excluding carboxylic acids is 2. The first-order valence-electron chi connectivity index (χ1n) is 10.7. The third-order valence-corrected chi connectivity index (χ3v) is 6.97. The summed E-state index contributed by atoms with van der Waals surface area (Å²) in [5, 5.41) is 3.12. The highest BCUT2D eigenvalue weighted by atomic mass is 32.2. The molecule has 158 valence electrons. The fourth-order valence-electron chi connectivity index (χ4n) is 4.19. The maximum atomic E-state index is 13.2. The molecule has 4 rings (SSSR count). The van der Waals surface area contributed by atoms with Gasteiger partial charge in [0.1, 0.15) is 0 Å². The van der Waals surface area contributed by atoms with Crippen molar-refractivity contribution in [2.24, 2.45) is 5.92 Å². The lowest BCUT2D eigenvalue weighted by Crippen LogP contribution is -2.33. The molecule has 0 atom stereocenters. The standard InChI is InChI=1S/C24H28N2O3S/c1-29-15-14-26-20-13-12-18(25-23(27)17-8-4-2-3-5-9-17)16-22(20)30-21-11-7-6-10-19(21)24(26)28/h6-7,10-13,16-17H,2-5,8-9,14-15H2,1H3,(H,25,27). The molecule has 2 aliphatic rings. The minimum Gasteiger partial charge on any atom is -0.383 e. The highest BCUT2D eigenvalue weighted by molar-refractivity contribution is 7.99. The molecule has 0 bridgehead atoms. The number of hydrogen-bond acceptors (Lipinski definition) is 4. The Morgan fingerprint density at radius 1 is 1.10 bits per heavy atom. The highest BCUT2D eigenvalue weighted by Gasteiger charge is 2.27. The summed E-state index contributed by atoms with van der Waals surface area (Å²) in [6.45, 7) is 0.934. The minimum absolute atomic E-state index is 0.0239. The quantitative estimate of drug-likeness (QED) is 0.657. The molecule has 2 aromatic carbocycles. The van der Waals surface area contributed by atoms with Crippen LogP contribution in [0.3, 0.4) is 0 Å². The van der Waals surface area contributed by atoms with Gasteiger partial charge in [0.2, 0.25) is 5.91 Å². The van der Waals surface area contributed by atoms with Gasteiger partial charge in [-0.25, -0.2) is 0 Å². The lowest BCUT2D eigenvalue weighted by atomic mass is 9.99. The Hall–Kier alpha value is -2.31. The van der Waals surface area contributed by atoms with Gasteiger partial charge in [-0.2, -0.15) is 0 Å². The average molecular weight is 425 g/mol. The third-order valence-electron chi connectivity index (χ3n) is 5.85. The van der Waals surface area contributed by atoms with Crippen LogP contribution in [0.1, 0.15) is 48.9 Å². The van der Waals surface area contributed by atoms with Crippen molar-refractivity contribution in [3.05, 3.63) is 48.0 Å². The second kappa shape index (κ2) is 9.67. The van der Waals surface area contributed by atoms with E-state index in [-0.39, 0.29) is 17.7 Å². The van der Waals surface area contributed by atoms with E-state index >= 15 is 0 Å². The number of carbonyl (C=O) groups is 2. The molecule has 0 unspecified atom stereocenters. The molecular weight excluding hydrogens is 396 g/mol. The molecule has 2 aromatic rings. The first kappa shape index (κ1) is 20.9. The molecule has 30 heavy (non-hydrogen) atoms. The number of ether oxygens (including phenoxy) is 1. The molecule has 1 saturated carbocycles. The first-order chi connectivity index (χ1) is 14.7. The molecule has 0 aromatic heterocycles. The van der Waals surface area contributed by atoms with Gasteiger partial charge in [0.25, 0.3) is 5.91 Å². The van der Waals surface area contributed by atoms with Crippen molar-refractivity contribution < 1.29 is 14.3 Å². The van der Waals surface area contributed by atoms with E-state index in [9.17, 15) is 9.59 Å². The summed E-state index contributed by atoms with van der Waals surface area (Å²) in [4.78, 5) is 29.7. The van der Waals surface area contributed by atoms with Crippen LogP contribution in [0.5, 0.6) is 0 Å². The summed E-state index contributed by atoms with van der Waals surface area (Å²) in [5.74, 6) is 0.187. The van der Waals surface area contributed by atoms with Gasteiger partial charge >= 0.3 is 0 Å². The lowest BCUT2D eigenvalue weighted by molar-refractivity contribution is -0.120. The largest absolute Gasteiger partial charge is 0.383 e. The van der Waals surface area contributed by atoms with Crippen LogP contribution in [0.25, 0.3) is 0 Å². The van der Waals surface area contributed by atoms with Gasteiger partial charge in [0, 0.05) is 35.1 Å². The van der Waals surface area contributed by atoms with Crippen LogP contribution >= 0.6 is 11.8 Å². The number of nitrogens with one attached hydrogen (secondary N) is 1. The number of anilines is 2. The maximum absolute atomic E-state index is 13.2. The molecular formula is C24H28N2O3S. The van der Waals surface area contributed by atoms with Crippen molar-refractivity contribution in [3.63, 3.8) is 0 Å². The number of hydrogen-bond donors (Lipinski definition) is 1. The van der Waals surface area contributed by atoms with Crippen molar-refractivity contribution in [2.75, 3.05) is 30.5 Å². The minimum atomic E-state index is -0.0239. The molecule has 0 saturated heterocycles. The van der Waals surface area contributed by atoms with E-state index in [2.05, 4.69) is 5.32 Å². The van der Waals surface area contributed by atoms with Gasteiger partial charge in [0.15, 0.2) is 0 Å². The van der Waals surface area contributed by atoms with E-state index in [1.54, 1.807) is 23.8 Å². The summed E-state index contributed by atoms with van der Waals surface area (Å²) in [7, 11) is 1.64. The van der Waals surface area contributed by atoms with Crippen molar-refractivity contribution in [2.45, 2.75) is 48.3 Å². The molecule has 1 heterocycles. The van der Waals surface area contributed by atoms with E-state index in [4.69, 9.17) is 4.74 Å². The van der Waals surface area contributed by atoms with E-state index < -0.39 is 0 Å². The van der Waals surface area contributed by atoms with Gasteiger partial charge < -0.3 is 15.0 Å². The van der Waals surface area contributed by atoms with Gasteiger partial charge in [0.05, 0.1) is 17.9 Å². The first-order valence-corrected chi connectivity index (χ1v) is 11.5. The zero-order valence-electron chi connectivity index (χ0n) is 17.4. The van der Waals surface area contributed by atoms with Crippen molar-refractivity contribution >= 4 is 35.0 Å². The number of methoxy groups -OCH3 is 1. The van der Waals surface area contributed by atoms with Gasteiger partial charge in [-0.05, 0) is 43.2 Å². The highest BCUT2D eigenvalue weighted by Crippen LogP contribution is 2.42. The number of fused-ring (bicyclic) bond motifs is 2. The van der Waals surface area contributed by atoms with Crippen molar-refractivity contribution in [1.29, 1.82) is 0 Å². The zero-order chi connectivity index (χ0) is 20.9. The Labute approximate surface area is 182 Å². The molecule has 2 amide bonds. The predicted molar refractivity (Wildman–Crippen MR) is 120 cm³/mol. The van der Waals surface area contributed by atoms with E-state index in [0.717, 1.165) is 46.8 Å². The summed E-state index contributed by atoms with van der Waals surface area (Å²) < 4.78 is 5.23. The van der Waals surface area contributed by atoms with Gasteiger partial charge in [-0.3, -0.25) is 9.59 Å². The number of nitrogens with zero attached hydrogens (tertiary/aromatic N) is 1. The second-order valence-corrected chi connectivity index (χ2v) is 8.99. The second-order valence-electron chi connectivity index (χ2n) is 7.91. The maximum Gasteiger partial charge on any atom is 0.259 e. The van der Waals surface area contributed by atoms with Crippen LogP contribution in [-0.2, 0) is 9.53 Å². The van der Waals surface area contributed by atoms with Gasteiger partial charge in [-0.1, -0.05) is 49.6 Å². The number of rotatable bonds is 5. The summed E-state index contributed by atoms with van der Waals surface area (Å²) in [5.41, 5.74) is 2.33. The smallest absolute Gasteiger partial charge is 0.259 e.